The lowest BCUT2D eigenvalue weighted by Gasteiger charge is -1.86. The predicted octanol–water partition coefficient (Wildman–Crippen LogP) is 2.41. The third kappa shape index (κ3) is 1.76. The van der Waals surface area contributed by atoms with E-state index in [4.69, 9.17) is 4.42 Å². The molecule has 1 radical (unpaired) electrons. The molecule has 0 saturated heterocycles. The molecule has 0 saturated carbocycles. The number of hydrogen-bond acceptors (Lipinski definition) is 1. The van der Waals surface area contributed by atoms with Gasteiger partial charge in [-0.3, -0.25) is 0 Å². The zero-order valence-electron chi connectivity index (χ0n) is 5.21. The standard InChI is InChI=1S/C8H9O/c1-2-3-5-8-6-4-7-9-8/h2,4-7H,1,3H2. The first-order valence-electron chi connectivity index (χ1n) is 2.91. The molecule has 0 unspecified atom stereocenters. The van der Waals surface area contributed by atoms with E-state index < -0.39 is 0 Å². The van der Waals surface area contributed by atoms with Crippen LogP contribution in [0.2, 0.25) is 0 Å². The molecule has 47 valence electrons. The monoisotopic (exact) mass is 121 g/mol. The molecule has 0 spiro atoms. The van der Waals surface area contributed by atoms with Crippen LogP contribution in [0.15, 0.2) is 35.5 Å². The highest BCUT2D eigenvalue weighted by molar-refractivity contribution is 5.09. The molecule has 0 aromatic carbocycles. The molecule has 1 rings (SSSR count). The van der Waals surface area contributed by atoms with Gasteiger partial charge in [-0.1, -0.05) is 6.08 Å². The van der Waals surface area contributed by atoms with E-state index in [1.54, 1.807) is 6.26 Å². The van der Waals surface area contributed by atoms with E-state index in [1.165, 1.54) is 0 Å². The maximum absolute atomic E-state index is 5.03. The van der Waals surface area contributed by atoms with Crippen molar-refractivity contribution in [1.29, 1.82) is 0 Å². The molecule has 1 aromatic heterocycles. The van der Waals surface area contributed by atoms with Gasteiger partial charge in [-0.2, -0.15) is 0 Å². The fourth-order valence-electron chi connectivity index (χ4n) is 0.607. The van der Waals surface area contributed by atoms with Crippen molar-refractivity contribution in [3.8, 4) is 0 Å². The molecular formula is C8H9O. The fraction of sp³-hybridized carbons (Fsp3) is 0.125. The van der Waals surface area contributed by atoms with Crippen LogP contribution in [0.4, 0.5) is 0 Å². The highest BCUT2D eigenvalue weighted by Gasteiger charge is 1.90. The summed E-state index contributed by atoms with van der Waals surface area (Å²) in [4.78, 5) is 0. The lowest BCUT2D eigenvalue weighted by atomic mass is 10.2. The van der Waals surface area contributed by atoms with E-state index in [9.17, 15) is 0 Å². The molecule has 0 N–H and O–H groups in total. The van der Waals surface area contributed by atoms with Gasteiger partial charge in [-0.25, -0.2) is 0 Å². The van der Waals surface area contributed by atoms with E-state index in [0.29, 0.717) is 0 Å². The molecule has 1 heterocycles. The zero-order valence-corrected chi connectivity index (χ0v) is 5.21. The fourth-order valence-corrected chi connectivity index (χ4v) is 0.607. The second kappa shape index (κ2) is 3.13. The van der Waals surface area contributed by atoms with Crippen molar-refractivity contribution in [3.63, 3.8) is 0 Å². The Bertz CT molecular complexity index is 163. The van der Waals surface area contributed by atoms with E-state index >= 15 is 0 Å². The van der Waals surface area contributed by atoms with Crippen LogP contribution in [-0.2, 0) is 0 Å². The topological polar surface area (TPSA) is 13.1 Å². The normalized spacial score (nSPS) is 9.33. The van der Waals surface area contributed by atoms with Crippen LogP contribution in [0, 0.1) is 6.42 Å². The van der Waals surface area contributed by atoms with Gasteiger partial charge >= 0.3 is 0 Å². The third-order valence-electron chi connectivity index (χ3n) is 1.03. The molecule has 0 atom stereocenters. The van der Waals surface area contributed by atoms with Gasteiger partial charge in [0.05, 0.1) is 6.26 Å². The van der Waals surface area contributed by atoms with Crippen LogP contribution in [0.5, 0.6) is 0 Å². The first-order valence-corrected chi connectivity index (χ1v) is 2.91. The van der Waals surface area contributed by atoms with Gasteiger partial charge in [-0.05, 0) is 18.6 Å². The molecule has 1 heteroatoms. The lowest BCUT2D eigenvalue weighted by Crippen LogP contribution is -1.71. The lowest BCUT2D eigenvalue weighted by molar-refractivity contribution is 0.538. The smallest absolute Gasteiger partial charge is 0.107 e. The van der Waals surface area contributed by atoms with Crippen LogP contribution >= 0.6 is 0 Å². The molecule has 1 aromatic rings. The van der Waals surface area contributed by atoms with Gasteiger partial charge in [-0.15, -0.1) is 6.58 Å². The average molecular weight is 121 g/mol. The Morgan fingerprint density at radius 1 is 1.67 bits per heavy atom. The molecule has 1 nitrogen and oxygen atoms in total. The summed E-state index contributed by atoms with van der Waals surface area (Å²) in [7, 11) is 0. The SMILES string of the molecule is C=CC[CH]c1ccco1. The van der Waals surface area contributed by atoms with Crippen molar-refractivity contribution in [1.82, 2.24) is 0 Å². The maximum Gasteiger partial charge on any atom is 0.107 e. The minimum atomic E-state index is 0.869. The van der Waals surface area contributed by atoms with Crippen molar-refractivity contribution in [2.24, 2.45) is 0 Å². The summed E-state index contributed by atoms with van der Waals surface area (Å²) in [6.07, 6.45) is 6.35. The molecule has 0 amide bonds. The molecule has 0 aliphatic carbocycles. The van der Waals surface area contributed by atoms with Crippen LogP contribution < -0.4 is 0 Å². The molecular weight excluding hydrogens is 112 g/mol. The van der Waals surface area contributed by atoms with Crippen molar-refractivity contribution < 1.29 is 4.42 Å². The van der Waals surface area contributed by atoms with Gasteiger partial charge in [0.15, 0.2) is 0 Å². The highest BCUT2D eigenvalue weighted by atomic mass is 16.3. The average Bonchev–Trinajstić information content (AvgIpc) is 2.34. The summed E-state index contributed by atoms with van der Waals surface area (Å²) in [6.45, 7) is 3.59. The van der Waals surface area contributed by atoms with Crippen molar-refractivity contribution >= 4 is 0 Å². The van der Waals surface area contributed by atoms with E-state index in [1.807, 2.05) is 24.6 Å². The predicted molar refractivity (Wildman–Crippen MR) is 36.9 cm³/mol. The molecule has 0 aliphatic rings. The molecule has 0 bridgehead atoms. The Morgan fingerprint density at radius 3 is 3.11 bits per heavy atom. The second-order valence-electron chi connectivity index (χ2n) is 1.74. The van der Waals surface area contributed by atoms with Gasteiger partial charge < -0.3 is 4.42 Å². The van der Waals surface area contributed by atoms with Crippen LogP contribution in [-0.4, -0.2) is 0 Å². The first kappa shape index (κ1) is 6.14. The van der Waals surface area contributed by atoms with Gasteiger partial charge in [0.1, 0.15) is 5.76 Å². The third-order valence-corrected chi connectivity index (χ3v) is 1.03. The minimum Gasteiger partial charge on any atom is -0.469 e. The quantitative estimate of drug-likeness (QED) is 0.560. The molecule has 0 fully saturated rings. The van der Waals surface area contributed by atoms with E-state index in [-0.39, 0.29) is 0 Å². The van der Waals surface area contributed by atoms with Gasteiger partial charge in [0.2, 0.25) is 0 Å². The van der Waals surface area contributed by atoms with Crippen LogP contribution in [0.25, 0.3) is 0 Å². The summed E-state index contributed by atoms with van der Waals surface area (Å²) in [5, 5.41) is 0. The Morgan fingerprint density at radius 2 is 2.56 bits per heavy atom. The van der Waals surface area contributed by atoms with Gasteiger partial charge in [0.25, 0.3) is 0 Å². The number of rotatable bonds is 3. The number of allylic oxidation sites excluding steroid dienone is 1. The first-order chi connectivity index (χ1) is 4.43. The Hall–Kier alpha value is -0.980. The van der Waals surface area contributed by atoms with E-state index in [2.05, 4.69) is 6.58 Å². The number of furan rings is 1. The number of hydrogen-bond donors (Lipinski definition) is 0. The summed E-state index contributed by atoms with van der Waals surface area (Å²) in [5.74, 6) is 0.912. The Balaban J connectivity index is 2.38. The van der Waals surface area contributed by atoms with Crippen molar-refractivity contribution in [3.05, 3.63) is 43.2 Å². The highest BCUT2D eigenvalue weighted by Crippen LogP contribution is 2.05. The summed E-state index contributed by atoms with van der Waals surface area (Å²) in [5.41, 5.74) is 0. The summed E-state index contributed by atoms with van der Waals surface area (Å²) in [6, 6.07) is 3.79. The second-order valence-corrected chi connectivity index (χ2v) is 1.74. The minimum absolute atomic E-state index is 0.869. The molecule has 0 aliphatic heterocycles. The van der Waals surface area contributed by atoms with Gasteiger partial charge in [0, 0.05) is 6.42 Å². The Labute approximate surface area is 55.0 Å². The van der Waals surface area contributed by atoms with Crippen molar-refractivity contribution in [2.75, 3.05) is 0 Å². The summed E-state index contributed by atoms with van der Waals surface area (Å²) < 4.78 is 5.03. The van der Waals surface area contributed by atoms with Crippen LogP contribution in [0.3, 0.4) is 0 Å². The Kier molecular flexibility index (Phi) is 2.13. The van der Waals surface area contributed by atoms with E-state index in [0.717, 1.165) is 12.2 Å². The largest absolute Gasteiger partial charge is 0.469 e. The maximum atomic E-state index is 5.03. The molecule has 9 heavy (non-hydrogen) atoms. The summed E-state index contributed by atoms with van der Waals surface area (Å²) >= 11 is 0. The van der Waals surface area contributed by atoms with Crippen molar-refractivity contribution in [2.45, 2.75) is 6.42 Å². The van der Waals surface area contributed by atoms with Crippen LogP contribution in [0.1, 0.15) is 12.2 Å². The zero-order chi connectivity index (χ0) is 6.53.